The van der Waals surface area contributed by atoms with Gasteiger partial charge in [0, 0.05) is 17.8 Å². The van der Waals surface area contributed by atoms with Crippen LogP contribution in [0.2, 0.25) is 0 Å². The minimum absolute atomic E-state index is 0.0991. The maximum Gasteiger partial charge on any atom is 0.371 e. The highest BCUT2D eigenvalue weighted by Gasteiger charge is 2.13. The normalized spacial score (nSPS) is 10.6. The van der Waals surface area contributed by atoms with Crippen LogP contribution in [0.1, 0.15) is 27.4 Å². The summed E-state index contributed by atoms with van der Waals surface area (Å²) in [6.45, 7) is 3.92. The topological polar surface area (TPSA) is 62.5 Å². The van der Waals surface area contributed by atoms with Crippen LogP contribution in [0.4, 0.5) is 10.1 Å². The van der Waals surface area contributed by atoms with Gasteiger partial charge >= 0.3 is 5.97 Å². The second-order valence-electron chi connectivity index (χ2n) is 4.43. The first kappa shape index (κ1) is 14.6. The van der Waals surface area contributed by atoms with E-state index in [-0.39, 0.29) is 11.6 Å². The zero-order valence-electron chi connectivity index (χ0n) is 11.0. The zero-order valence-corrected chi connectivity index (χ0v) is 12.5. The quantitative estimate of drug-likeness (QED) is 0.878. The second-order valence-corrected chi connectivity index (χ2v) is 5.29. The van der Waals surface area contributed by atoms with Gasteiger partial charge in [-0.05, 0) is 53.5 Å². The van der Waals surface area contributed by atoms with Crippen molar-refractivity contribution < 1.29 is 18.7 Å². The molecule has 0 radical (unpaired) electrons. The van der Waals surface area contributed by atoms with E-state index in [2.05, 4.69) is 21.2 Å². The van der Waals surface area contributed by atoms with Gasteiger partial charge in [0.2, 0.25) is 5.76 Å². The number of carboxylic acids is 1. The minimum Gasteiger partial charge on any atom is -0.475 e. The standard InChI is InChI=1S/C14H13BrFNO3/c1-7-3-10(15)11(16)5-12(7)17-6-9-4-13(14(18)19)20-8(9)2/h3-5,17H,6H2,1-2H3,(H,18,19). The highest BCUT2D eigenvalue weighted by molar-refractivity contribution is 9.10. The van der Waals surface area contributed by atoms with Crippen LogP contribution in [0.25, 0.3) is 0 Å². The fraction of sp³-hybridized carbons (Fsp3) is 0.214. The SMILES string of the molecule is Cc1cc(Br)c(F)cc1NCc1cc(C(=O)O)oc1C. The third-order valence-electron chi connectivity index (χ3n) is 2.97. The molecule has 2 N–H and O–H groups in total. The third-order valence-corrected chi connectivity index (χ3v) is 3.58. The summed E-state index contributed by atoms with van der Waals surface area (Å²) in [5, 5.41) is 11.9. The van der Waals surface area contributed by atoms with Gasteiger partial charge in [0.1, 0.15) is 11.6 Å². The van der Waals surface area contributed by atoms with Crippen LogP contribution >= 0.6 is 15.9 Å². The fourth-order valence-electron chi connectivity index (χ4n) is 1.83. The van der Waals surface area contributed by atoms with E-state index in [0.29, 0.717) is 22.5 Å². The maximum atomic E-state index is 13.5. The lowest BCUT2D eigenvalue weighted by Gasteiger charge is -2.10. The molecule has 0 aliphatic heterocycles. The predicted molar refractivity (Wildman–Crippen MR) is 76.6 cm³/mol. The van der Waals surface area contributed by atoms with Crippen molar-refractivity contribution in [3.05, 3.63) is 51.1 Å². The Morgan fingerprint density at radius 2 is 2.10 bits per heavy atom. The highest BCUT2D eigenvalue weighted by Crippen LogP contribution is 2.25. The number of aryl methyl sites for hydroxylation is 2. The molecule has 2 aromatic rings. The van der Waals surface area contributed by atoms with Crippen molar-refractivity contribution in [2.24, 2.45) is 0 Å². The van der Waals surface area contributed by atoms with Crippen LogP contribution in [-0.4, -0.2) is 11.1 Å². The van der Waals surface area contributed by atoms with Crippen molar-refractivity contribution >= 4 is 27.6 Å². The molecule has 0 fully saturated rings. The van der Waals surface area contributed by atoms with Gasteiger partial charge in [0.05, 0.1) is 4.47 Å². The third kappa shape index (κ3) is 3.01. The van der Waals surface area contributed by atoms with Crippen LogP contribution in [0.15, 0.2) is 27.1 Å². The molecule has 0 saturated heterocycles. The van der Waals surface area contributed by atoms with E-state index >= 15 is 0 Å². The average Bonchev–Trinajstić information content (AvgIpc) is 2.74. The monoisotopic (exact) mass is 341 g/mol. The van der Waals surface area contributed by atoms with E-state index in [1.54, 1.807) is 13.0 Å². The van der Waals surface area contributed by atoms with Crippen molar-refractivity contribution in [2.45, 2.75) is 20.4 Å². The Hall–Kier alpha value is -1.82. The van der Waals surface area contributed by atoms with E-state index < -0.39 is 5.97 Å². The molecule has 0 unspecified atom stereocenters. The molecule has 6 heteroatoms. The Labute approximate surface area is 123 Å². The first-order valence-corrected chi connectivity index (χ1v) is 6.70. The van der Waals surface area contributed by atoms with E-state index in [0.717, 1.165) is 11.1 Å². The Morgan fingerprint density at radius 1 is 1.40 bits per heavy atom. The van der Waals surface area contributed by atoms with Gasteiger partial charge in [-0.25, -0.2) is 9.18 Å². The van der Waals surface area contributed by atoms with Gasteiger partial charge in [-0.3, -0.25) is 0 Å². The molecule has 0 saturated carbocycles. The van der Waals surface area contributed by atoms with Gasteiger partial charge in [-0.2, -0.15) is 0 Å². The summed E-state index contributed by atoms with van der Waals surface area (Å²) in [5.41, 5.74) is 2.27. The summed E-state index contributed by atoms with van der Waals surface area (Å²) in [6, 6.07) is 4.55. The number of nitrogens with one attached hydrogen (secondary N) is 1. The molecule has 0 bridgehead atoms. The lowest BCUT2D eigenvalue weighted by atomic mass is 10.2. The van der Waals surface area contributed by atoms with Crippen molar-refractivity contribution in [3.63, 3.8) is 0 Å². The Kier molecular flexibility index (Phi) is 4.13. The summed E-state index contributed by atoms with van der Waals surface area (Å²) in [5.74, 6) is -1.03. The lowest BCUT2D eigenvalue weighted by Crippen LogP contribution is -2.02. The molecule has 2 rings (SSSR count). The lowest BCUT2D eigenvalue weighted by molar-refractivity contribution is 0.0661. The second kappa shape index (κ2) is 5.66. The number of aromatic carboxylic acids is 1. The molecule has 0 amide bonds. The first-order chi connectivity index (χ1) is 9.38. The smallest absolute Gasteiger partial charge is 0.371 e. The molecule has 106 valence electrons. The predicted octanol–water partition coefficient (Wildman–Crippen LogP) is 4.11. The summed E-state index contributed by atoms with van der Waals surface area (Å²) < 4.78 is 19.0. The van der Waals surface area contributed by atoms with Gasteiger partial charge in [0.15, 0.2) is 0 Å². The van der Waals surface area contributed by atoms with Crippen LogP contribution in [0, 0.1) is 19.7 Å². The van der Waals surface area contributed by atoms with Crippen molar-refractivity contribution in [1.82, 2.24) is 0 Å². The summed E-state index contributed by atoms with van der Waals surface area (Å²) in [7, 11) is 0. The van der Waals surface area contributed by atoms with Crippen molar-refractivity contribution in [1.29, 1.82) is 0 Å². The highest BCUT2D eigenvalue weighted by atomic mass is 79.9. The average molecular weight is 342 g/mol. The van der Waals surface area contributed by atoms with Crippen LogP contribution in [0.5, 0.6) is 0 Å². The number of furan rings is 1. The maximum absolute atomic E-state index is 13.5. The summed E-state index contributed by atoms with van der Waals surface area (Å²) in [6.07, 6.45) is 0. The molecule has 1 aromatic heterocycles. The number of carboxylic acid groups (broad SMARTS) is 1. The van der Waals surface area contributed by atoms with Gasteiger partial charge in [0.25, 0.3) is 0 Å². The molecule has 0 aliphatic carbocycles. The van der Waals surface area contributed by atoms with E-state index in [1.807, 2.05) is 6.92 Å². The van der Waals surface area contributed by atoms with Gasteiger partial charge in [-0.1, -0.05) is 0 Å². The fourth-order valence-corrected chi connectivity index (χ4v) is 2.29. The number of rotatable bonds is 4. The number of hydrogen-bond donors (Lipinski definition) is 2. The molecule has 1 aromatic carbocycles. The number of carbonyl (C=O) groups is 1. The number of hydrogen-bond acceptors (Lipinski definition) is 3. The zero-order chi connectivity index (χ0) is 14.9. The summed E-state index contributed by atoms with van der Waals surface area (Å²) in [4.78, 5) is 10.8. The van der Waals surface area contributed by atoms with Crippen LogP contribution in [-0.2, 0) is 6.54 Å². The molecule has 20 heavy (non-hydrogen) atoms. The Balaban J connectivity index is 2.17. The number of anilines is 1. The van der Waals surface area contributed by atoms with Crippen LogP contribution in [0.3, 0.4) is 0 Å². The number of halogens is 2. The van der Waals surface area contributed by atoms with Crippen molar-refractivity contribution in [2.75, 3.05) is 5.32 Å². The molecule has 0 atom stereocenters. The van der Waals surface area contributed by atoms with Crippen LogP contribution < -0.4 is 5.32 Å². The van der Waals surface area contributed by atoms with E-state index in [1.165, 1.54) is 12.1 Å². The van der Waals surface area contributed by atoms with E-state index in [4.69, 9.17) is 9.52 Å². The minimum atomic E-state index is -1.11. The summed E-state index contributed by atoms with van der Waals surface area (Å²) >= 11 is 3.12. The number of benzene rings is 1. The molecular formula is C14H13BrFNO3. The molecule has 1 heterocycles. The Bertz CT molecular complexity index is 667. The van der Waals surface area contributed by atoms with Crippen molar-refractivity contribution in [3.8, 4) is 0 Å². The largest absolute Gasteiger partial charge is 0.475 e. The van der Waals surface area contributed by atoms with Gasteiger partial charge in [-0.15, -0.1) is 0 Å². The molecule has 0 aliphatic rings. The molecule has 4 nitrogen and oxygen atoms in total. The van der Waals surface area contributed by atoms with Gasteiger partial charge < -0.3 is 14.8 Å². The molecular weight excluding hydrogens is 329 g/mol. The Morgan fingerprint density at radius 3 is 2.70 bits per heavy atom. The first-order valence-electron chi connectivity index (χ1n) is 5.90. The molecule has 0 spiro atoms. The van der Waals surface area contributed by atoms with E-state index in [9.17, 15) is 9.18 Å².